The summed E-state index contributed by atoms with van der Waals surface area (Å²) in [5, 5.41) is 9.03. The van der Waals surface area contributed by atoms with Crippen LogP contribution in [0, 0.1) is 6.92 Å². The molecule has 0 saturated carbocycles. The number of aryl methyl sites for hydroxylation is 2. The van der Waals surface area contributed by atoms with E-state index in [-0.39, 0.29) is 0 Å². The fraction of sp³-hybridized carbons (Fsp3) is 0.600. The third kappa shape index (κ3) is 3.77. The lowest BCUT2D eigenvalue weighted by atomic mass is 10.2. The van der Waals surface area contributed by atoms with Crippen LogP contribution in [0.15, 0.2) is 12.3 Å². The zero-order chi connectivity index (χ0) is 14.5. The van der Waals surface area contributed by atoms with E-state index in [0.29, 0.717) is 0 Å². The number of nitrogens with one attached hydrogen (secondary N) is 1. The van der Waals surface area contributed by atoms with Gasteiger partial charge in [-0.3, -0.25) is 4.68 Å². The van der Waals surface area contributed by atoms with Gasteiger partial charge in [0.05, 0.1) is 5.69 Å². The molecule has 1 N–H and O–H groups in total. The van der Waals surface area contributed by atoms with Gasteiger partial charge in [0.25, 0.3) is 0 Å². The number of nitrogens with zero attached hydrogens (tertiary/aromatic N) is 4. The van der Waals surface area contributed by atoms with E-state index in [0.717, 1.165) is 36.4 Å². The van der Waals surface area contributed by atoms with Crippen molar-refractivity contribution in [1.29, 1.82) is 0 Å². The molecule has 110 valence electrons. The summed E-state index contributed by atoms with van der Waals surface area (Å²) < 4.78 is 1.84. The minimum atomic E-state index is 0.874. The first-order chi connectivity index (χ1) is 9.58. The van der Waals surface area contributed by atoms with Crippen LogP contribution in [0.4, 0.5) is 0 Å². The van der Waals surface area contributed by atoms with Crippen LogP contribution in [0.1, 0.15) is 24.1 Å². The summed E-state index contributed by atoms with van der Waals surface area (Å²) in [5.41, 5.74) is 3.22. The number of unbranched alkanes of at least 4 members (excludes halogenated alkanes) is 1. The summed E-state index contributed by atoms with van der Waals surface area (Å²) in [5.74, 6) is 0. The van der Waals surface area contributed by atoms with Crippen LogP contribution in [-0.2, 0) is 13.6 Å². The van der Waals surface area contributed by atoms with Crippen molar-refractivity contribution in [2.45, 2.75) is 26.3 Å². The van der Waals surface area contributed by atoms with Gasteiger partial charge < -0.3 is 10.2 Å². The van der Waals surface area contributed by atoms with Gasteiger partial charge in [-0.1, -0.05) is 0 Å². The fourth-order valence-corrected chi connectivity index (χ4v) is 2.36. The van der Waals surface area contributed by atoms with Crippen molar-refractivity contribution in [3.05, 3.63) is 23.5 Å². The molecule has 0 aromatic carbocycles. The van der Waals surface area contributed by atoms with Gasteiger partial charge in [-0.15, -0.1) is 0 Å². The van der Waals surface area contributed by atoms with Gasteiger partial charge in [-0.05, 0) is 58.6 Å². The lowest BCUT2D eigenvalue weighted by Crippen LogP contribution is -2.18. The lowest BCUT2D eigenvalue weighted by molar-refractivity contribution is 0.391. The van der Waals surface area contributed by atoms with Crippen LogP contribution in [-0.4, -0.2) is 46.8 Å². The van der Waals surface area contributed by atoms with Crippen molar-refractivity contribution >= 4 is 11.0 Å². The van der Waals surface area contributed by atoms with Crippen molar-refractivity contribution in [3.8, 4) is 0 Å². The molecular formula is C15H25N5. The van der Waals surface area contributed by atoms with E-state index in [2.05, 4.69) is 40.5 Å². The Hall–Kier alpha value is -1.46. The first-order valence-electron chi connectivity index (χ1n) is 7.21. The minimum absolute atomic E-state index is 0.874. The summed E-state index contributed by atoms with van der Waals surface area (Å²) in [6.45, 7) is 5.11. The Bertz CT molecular complexity index is 559. The molecule has 2 heterocycles. The van der Waals surface area contributed by atoms with Crippen molar-refractivity contribution in [1.82, 2.24) is 25.0 Å². The SMILES string of the molecule is Cc1nn(C)c2ncc(CNCCCCN(C)C)cc12. The van der Waals surface area contributed by atoms with E-state index < -0.39 is 0 Å². The highest BCUT2D eigenvalue weighted by Crippen LogP contribution is 2.16. The molecule has 0 aliphatic rings. The maximum absolute atomic E-state index is 4.49. The van der Waals surface area contributed by atoms with Gasteiger partial charge in [0, 0.05) is 25.2 Å². The maximum Gasteiger partial charge on any atom is 0.157 e. The highest BCUT2D eigenvalue weighted by atomic mass is 15.3. The Labute approximate surface area is 121 Å². The molecule has 0 atom stereocenters. The Kier molecular flexibility index (Phi) is 5.09. The molecule has 0 amide bonds. The number of hydrogen-bond acceptors (Lipinski definition) is 4. The largest absolute Gasteiger partial charge is 0.313 e. The molecule has 0 radical (unpaired) electrons. The summed E-state index contributed by atoms with van der Waals surface area (Å²) in [4.78, 5) is 6.72. The zero-order valence-corrected chi connectivity index (χ0v) is 13.0. The first-order valence-corrected chi connectivity index (χ1v) is 7.21. The number of fused-ring (bicyclic) bond motifs is 1. The molecular weight excluding hydrogens is 250 g/mol. The molecule has 5 heteroatoms. The number of aromatic nitrogens is 3. The summed E-state index contributed by atoms with van der Waals surface area (Å²) in [6, 6.07) is 2.19. The Morgan fingerprint density at radius 3 is 2.85 bits per heavy atom. The van der Waals surface area contributed by atoms with Gasteiger partial charge in [0.2, 0.25) is 0 Å². The highest BCUT2D eigenvalue weighted by molar-refractivity contribution is 5.78. The zero-order valence-electron chi connectivity index (χ0n) is 13.0. The van der Waals surface area contributed by atoms with Gasteiger partial charge in [0.15, 0.2) is 5.65 Å². The summed E-state index contributed by atoms with van der Waals surface area (Å²) >= 11 is 0. The number of hydrogen-bond donors (Lipinski definition) is 1. The van der Waals surface area contributed by atoms with E-state index in [4.69, 9.17) is 0 Å². The Morgan fingerprint density at radius 2 is 2.10 bits per heavy atom. The van der Waals surface area contributed by atoms with E-state index in [9.17, 15) is 0 Å². The second kappa shape index (κ2) is 6.81. The molecule has 2 aromatic rings. The molecule has 2 rings (SSSR count). The van der Waals surface area contributed by atoms with Gasteiger partial charge >= 0.3 is 0 Å². The minimum Gasteiger partial charge on any atom is -0.313 e. The van der Waals surface area contributed by atoms with Crippen LogP contribution in [0.2, 0.25) is 0 Å². The normalized spacial score (nSPS) is 11.7. The van der Waals surface area contributed by atoms with Crippen LogP contribution in [0.3, 0.4) is 0 Å². The topological polar surface area (TPSA) is 46.0 Å². The standard InChI is InChI=1S/C15H25N5/c1-12-14-9-13(11-17-15(14)20(4)18-12)10-16-7-5-6-8-19(2)3/h9,11,16H,5-8,10H2,1-4H3. The predicted octanol–water partition coefficient (Wildman–Crippen LogP) is 1.71. The van der Waals surface area contributed by atoms with E-state index in [1.165, 1.54) is 18.4 Å². The molecule has 5 nitrogen and oxygen atoms in total. The van der Waals surface area contributed by atoms with Crippen LogP contribution >= 0.6 is 0 Å². The van der Waals surface area contributed by atoms with Crippen LogP contribution in [0.5, 0.6) is 0 Å². The molecule has 0 spiro atoms. The Balaban J connectivity index is 1.83. The molecule has 0 unspecified atom stereocenters. The molecule has 20 heavy (non-hydrogen) atoms. The summed E-state index contributed by atoms with van der Waals surface area (Å²) in [7, 11) is 6.17. The second-order valence-corrected chi connectivity index (χ2v) is 5.61. The molecule has 0 aliphatic carbocycles. The molecule has 0 fully saturated rings. The van der Waals surface area contributed by atoms with Crippen LogP contribution in [0.25, 0.3) is 11.0 Å². The molecule has 2 aromatic heterocycles. The number of rotatable bonds is 7. The summed E-state index contributed by atoms with van der Waals surface area (Å²) in [6.07, 6.45) is 4.38. The van der Waals surface area contributed by atoms with Crippen molar-refractivity contribution in [2.75, 3.05) is 27.2 Å². The number of pyridine rings is 1. The lowest BCUT2D eigenvalue weighted by Gasteiger charge is -2.09. The molecule has 0 aliphatic heterocycles. The predicted molar refractivity (Wildman–Crippen MR) is 82.7 cm³/mol. The third-order valence-corrected chi connectivity index (χ3v) is 3.46. The van der Waals surface area contributed by atoms with Gasteiger partial charge in [-0.2, -0.15) is 5.10 Å². The Morgan fingerprint density at radius 1 is 1.30 bits per heavy atom. The van der Waals surface area contributed by atoms with E-state index >= 15 is 0 Å². The molecule has 0 bridgehead atoms. The average Bonchev–Trinajstić information content (AvgIpc) is 2.69. The van der Waals surface area contributed by atoms with Crippen LogP contribution < -0.4 is 5.32 Å². The van der Waals surface area contributed by atoms with Crippen molar-refractivity contribution in [3.63, 3.8) is 0 Å². The quantitative estimate of drug-likeness (QED) is 0.781. The fourth-order valence-electron chi connectivity index (χ4n) is 2.36. The third-order valence-electron chi connectivity index (χ3n) is 3.46. The highest BCUT2D eigenvalue weighted by Gasteiger charge is 2.06. The first kappa shape index (κ1) is 14.9. The van der Waals surface area contributed by atoms with E-state index in [1.54, 1.807) is 0 Å². The second-order valence-electron chi connectivity index (χ2n) is 5.61. The average molecular weight is 275 g/mol. The van der Waals surface area contributed by atoms with Gasteiger partial charge in [0.1, 0.15) is 0 Å². The van der Waals surface area contributed by atoms with Gasteiger partial charge in [-0.25, -0.2) is 4.98 Å². The monoisotopic (exact) mass is 275 g/mol. The molecule has 0 saturated heterocycles. The maximum atomic E-state index is 4.49. The smallest absolute Gasteiger partial charge is 0.157 e. The van der Waals surface area contributed by atoms with Crippen molar-refractivity contribution < 1.29 is 0 Å². The van der Waals surface area contributed by atoms with Crippen molar-refractivity contribution in [2.24, 2.45) is 7.05 Å². The van der Waals surface area contributed by atoms with E-state index in [1.807, 2.05) is 24.9 Å².